The van der Waals surface area contributed by atoms with Crippen LogP contribution in [0.2, 0.25) is 0 Å². The van der Waals surface area contributed by atoms with Crippen molar-refractivity contribution in [3.8, 4) is 0 Å². The van der Waals surface area contributed by atoms with Crippen LogP contribution in [0.3, 0.4) is 0 Å². The number of rotatable bonds is 1. The Balaban J connectivity index is 1.54. The molecule has 0 aliphatic heterocycles. The quantitative estimate of drug-likeness (QED) is 0.402. The summed E-state index contributed by atoms with van der Waals surface area (Å²) < 4.78 is 0. The summed E-state index contributed by atoms with van der Waals surface area (Å²) in [7, 11) is 0. The maximum absolute atomic E-state index is 2.82. The average Bonchev–Trinajstić information content (AvgIpc) is 2.99. The van der Waals surface area contributed by atoms with E-state index >= 15 is 0 Å². The summed E-state index contributed by atoms with van der Waals surface area (Å²) in [4.78, 5) is 0. The molecule has 0 N–H and O–H groups in total. The fourth-order valence-corrected chi connectivity index (χ4v) is 11.8. The lowest BCUT2D eigenvalue weighted by atomic mass is 9.32. The predicted molar refractivity (Wildman–Crippen MR) is 129 cm³/mol. The first-order chi connectivity index (χ1) is 13.9. The highest BCUT2D eigenvalue weighted by molar-refractivity contribution is 5.18. The molecule has 5 rings (SSSR count). The maximum atomic E-state index is 2.82. The van der Waals surface area contributed by atoms with Gasteiger partial charge < -0.3 is 0 Å². The molecule has 0 spiro atoms. The Labute approximate surface area is 188 Å². The lowest BCUT2D eigenvalue weighted by molar-refractivity contribution is -0.236. The minimum absolute atomic E-state index is 0.561. The summed E-state index contributed by atoms with van der Waals surface area (Å²) >= 11 is 0. The molecule has 0 aromatic carbocycles. The molecule has 9 atom stereocenters. The minimum Gasteiger partial charge on any atom is -0.0625 e. The molecule has 0 heteroatoms. The first-order valence-corrected chi connectivity index (χ1v) is 13.9. The maximum Gasteiger partial charge on any atom is -0.0235 e. The third-order valence-electron chi connectivity index (χ3n) is 13.5. The molecule has 0 radical (unpaired) electrons. The van der Waals surface area contributed by atoms with Gasteiger partial charge in [0.1, 0.15) is 0 Å². The van der Waals surface area contributed by atoms with Crippen molar-refractivity contribution in [2.24, 2.45) is 62.6 Å². The third-order valence-corrected chi connectivity index (χ3v) is 13.5. The molecule has 0 saturated heterocycles. The predicted octanol–water partition coefficient (Wildman–Crippen LogP) is 9.13. The highest BCUT2D eigenvalue weighted by Gasteiger charge is 2.69. The van der Waals surface area contributed by atoms with Crippen LogP contribution < -0.4 is 0 Å². The molecule has 9 unspecified atom stereocenters. The second-order valence-corrected chi connectivity index (χ2v) is 15.1. The van der Waals surface area contributed by atoms with E-state index in [1.165, 1.54) is 64.2 Å². The fourth-order valence-electron chi connectivity index (χ4n) is 11.8. The van der Waals surface area contributed by atoms with Crippen molar-refractivity contribution in [2.75, 3.05) is 0 Å². The van der Waals surface area contributed by atoms with E-state index in [-0.39, 0.29) is 0 Å². The summed E-state index contributed by atoms with van der Waals surface area (Å²) in [5, 5.41) is 0. The molecule has 30 heavy (non-hydrogen) atoms. The first kappa shape index (κ1) is 21.8. The van der Waals surface area contributed by atoms with E-state index in [4.69, 9.17) is 0 Å². The zero-order valence-electron chi connectivity index (χ0n) is 21.7. The molecule has 5 aliphatic carbocycles. The van der Waals surface area contributed by atoms with E-state index in [1.807, 2.05) is 0 Å². The van der Waals surface area contributed by atoms with Gasteiger partial charge in [0.25, 0.3) is 0 Å². The smallest absolute Gasteiger partial charge is 0.0235 e. The van der Waals surface area contributed by atoms with Crippen molar-refractivity contribution < 1.29 is 0 Å². The van der Waals surface area contributed by atoms with E-state index in [2.05, 4.69) is 55.4 Å². The van der Waals surface area contributed by atoms with Crippen LogP contribution in [0.25, 0.3) is 0 Å². The van der Waals surface area contributed by atoms with Gasteiger partial charge in [-0.25, -0.2) is 0 Å². The Hall–Kier alpha value is 0. The van der Waals surface area contributed by atoms with Crippen LogP contribution in [0.4, 0.5) is 0 Å². The summed E-state index contributed by atoms with van der Waals surface area (Å²) in [6, 6.07) is 0. The van der Waals surface area contributed by atoms with E-state index < -0.39 is 0 Å². The number of fused-ring (bicyclic) bond motifs is 7. The summed E-state index contributed by atoms with van der Waals surface area (Å²) in [5.41, 5.74) is 2.95. The van der Waals surface area contributed by atoms with Crippen molar-refractivity contribution in [1.82, 2.24) is 0 Å². The van der Waals surface area contributed by atoms with Gasteiger partial charge in [-0.1, -0.05) is 61.8 Å². The summed E-state index contributed by atoms with van der Waals surface area (Å²) in [5.74, 6) is 5.78. The van der Waals surface area contributed by atoms with E-state index in [0.29, 0.717) is 27.1 Å². The largest absolute Gasteiger partial charge is 0.0625 e. The van der Waals surface area contributed by atoms with Gasteiger partial charge in [-0.05, 0) is 127 Å². The van der Waals surface area contributed by atoms with Crippen molar-refractivity contribution in [1.29, 1.82) is 0 Å². The van der Waals surface area contributed by atoms with Gasteiger partial charge in [-0.2, -0.15) is 0 Å². The molecule has 0 heterocycles. The molecular weight excluding hydrogens is 360 g/mol. The Bertz CT molecular complexity index is 688. The van der Waals surface area contributed by atoms with Crippen molar-refractivity contribution in [3.63, 3.8) is 0 Å². The lowest BCUT2D eigenvalue weighted by Crippen LogP contribution is -2.65. The van der Waals surface area contributed by atoms with Crippen molar-refractivity contribution in [3.05, 3.63) is 0 Å². The Morgan fingerprint density at radius 3 is 2.07 bits per heavy atom. The van der Waals surface area contributed by atoms with Crippen LogP contribution in [-0.4, -0.2) is 0 Å². The summed E-state index contributed by atoms with van der Waals surface area (Å²) in [6.07, 6.45) is 16.6. The standard InChI is InChI=1S/C30H52/c1-20(2)21-12-16-27(5)18-19-29(7)22(25(21)27)10-11-24-28(6)15-9-14-26(3,4)23(28)13-17-30(24,29)8/h20-25H,9-19H2,1-8H3. The molecule has 0 nitrogen and oxygen atoms in total. The van der Waals surface area contributed by atoms with Gasteiger partial charge in [0, 0.05) is 0 Å². The van der Waals surface area contributed by atoms with Crippen LogP contribution in [-0.2, 0) is 0 Å². The van der Waals surface area contributed by atoms with Crippen LogP contribution in [0.5, 0.6) is 0 Å². The molecule has 0 aromatic rings. The van der Waals surface area contributed by atoms with E-state index in [9.17, 15) is 0 Å². The lowest BCUT2D eigenvalue weighted by Gasteiger charge is -2.72. The number of hydrogen-bond acceptors (Lipinski definition) is 0. The third kappa shape index (κ3) is 2.58. The van der Waals surface area contributed by atoms with Crippen LogP contribution >= 0.6 is 0 Å². The highest BCUT2D eigenvalue weighted by Crippen LogP contribution is 2.77. The van der Waals surface area contributed by atoms with Crippen molar-refractivity contribution in [2.45, 2.75) is 126 Å². The minimum atomic E-state index is 0.561. The first-order valence-electron chi connectivity index (χ1n) is 13.9. The number of hydrogen-bond donors (Lipinski definition) is 0. The molecule has 5 saturated carbocycles. The topological polar surface area (TPSA) is 0 Å². The van der Waals surface area contributed by atoms with Crippen LogP contribution in [0.1, 0.15) is 126 Å². The highest BCUT2D eigenvalue weighted by atomic mass is 14.7. The molecule has 0 bridgehead atoms. The SMILES string of the molecule is CC(C)C1CCC2(C)CCC3(C)C(CCC4C5(C)CCCC(C)(C)C5CCC43C)C12. The Morgan fingerprint density at radius 2 is 1.37 bits per heavy atom. The van der Waals surface area contributed by atoms with Crippen molar-refractivity contribution >= 4 is 0 Å². The van der Waals surface area contributed by atoms with E-state index in [0.717, 1.165) is 35.5 Å². The van der Waals surface area contributed by atoms with Gasteiger partial charge in [-0.3, -0.25) is 0 Å². The molecular formula is C30H52. The molecule has 172 valence electrons. The summed E-state index contributed by atoms with van der Waals surface area (Å²) in [6.45, 7) is 21.4. The molecule has 0 aromatic heterocycles. The van der Waals surface area contributed by atoms with Crippen LogP contribution in [0.15, 0.2) is 0 Å². The Morgan fingerprint density at radius 1 is 0.633 bits per heavy atom. The normalized spacial score (nSPS) is 57.3. The zero-order chi connectivity index (χ0) is 21.7. The second-order valence-electron chi connectivity index (χ2n) is 15.1. The Kier molecular flexibility index (Phi) is 4.75. The fraction of sp³-hybridized carbons (Fsp3) is 1.00. The van der Waals surface area contributed by atoms with Gasteiger partial charge in [0.15, 0.2) is 0 Å². The zero-order valence-corrected chi connectivity index (χ0v) is 21.7. The van der Waals surface area contributed by atoms with E-state index in [1.54, 1.807) is 6.42 Å². The van der Waals surface area contributed by atoms with Gasteiger partial charge >= 0.3 is 0 Å². The molecule has 5 fully saturated rings. The monoisotopic (exact) mass is 412 g/mol. The molecule has 0 amide bonds. The van der Waals surface area contributed by atoms with Gasteiger partial charge in [0.2, 0.25) is 0 Å². The van der Waals surface area contributed by atoms with Gasteiger partial charge in [-0.15, -0.1) is 0 Å². The van der Waals surface area contributed by atoms with Gasteiger partial charge in [0.05, 0.1) is 0 Å². The molecule has 5 aliphatic rings. The average molecular weight is 413 g/mol. The second kappa shape index (κ2) is 6.53. The van der Waals surface area contributed by atoms with Crippen LogP contribution in [0, 0.1) is 62.6 Å².